The average Bonchev–Trinajstić information content (AvgIpc) is 3.16. The molecular formula is C19H20N2O4. The van der Waals surface area contributed by atoms with Crippen molar-refractivity contribution in [3.05, 3.63) is 42.0 Å². The smallest absolute Gasteiger partial charge is 0.307 e. The van der Waals surface area contributed by atoms with E-state index < -0.39 is 17.8 Å². The first-order valence-corrected chi connectivity index (χ1v) is 8.66. The molecule has 6 heteroatoms. The third-order valence-corrected chi connectivity index (χ3v) is 5.39. The number of allylic oxidation sites excluding steroid dienone is 2. The van der Waals surface area contributed by atoms with E-state index in [0.29, 0.717) is 17.7 Å². The highest BCUT2D eigenvalue weighted by Crippen LogP contribution is 2.48. The molecule has 1 aromatic rings. The largest absolute Gasteiger partial charge is 0.481 e. The molecule has 1 aromatic carbocycles. The van der Waals surface area contributed by atoms with E-state index in [4.69, 9.17) is 0 Å². The minimum Gasteiger partial charge on any atom is -0.481 e. The Morgan fingerprint density at radius 3 is 2.36 bits per heavy atom. The number of aliphatic carboxylic acids is 1. The zero-order valence-corrected chi connectivity index (χ0v) is 13.6. The van der Waals surface area contributed by atoms with Crippen molar-refractivity contribution in [2.75, 3.05) is 5.32 Å². The predicted octanol–water partition coefficient (Wildman–Crippen LogP) is 2.04. The van der Waals surface area contributed by atoms with Gasteiger partial charge in [-0.3, -0.25) is 14.4 Å². The van der Waals surface area contributed by atoms with Crippen LogP contribution in [-0.4, -0.2) is 28.9 Å². The molecule has 0 saturated heterocycles. The van der Waals surface area contributed by atoms with E-state index in [9.17, 15) is 19.5 Å². The maximum absolute atomic E-state index is 12.8. The van der Waals surface area contributed by atoms with Crippen LogP contribution in [0.1, 0.15) is 29.6 Å². The normalized spacial score (nSPS) is 29.4. The summed E-state index contributed by atoms with van der Waals surface area (Å²) in [4.78, 5) is 36.7. The molecule has 0 aliphatic heterocycles. The minimum absolute atomic E-state index is 0.0430. The highest BCUT2D eigenvalue weighted by atomic mass is 16.4. The maximum atomic E-state index is 12.8. The molecule has 130 valence electrons. The fraction of sp³-hybridized carbons (Fsp3) is 0.421. The molecule has 2 fully saturated rings. The van der Waals surface area contributed by atoms with Gasteiger partial charge >= 0.3 is 5.97 Å². The Hall–Kier alpha value is -2.63. The zero-order valence-electron chi connectivity index (χ0n) is 13.6. The van der Waals surface area contributed by atoms with Crippen molar-refractivity contribution in [2.24, 2.45) is 23.7 Å². The summed E-state index contributed by atoms with van der Waals surface area (Å²) >= 11 is 0. The van der Waals surface area contributed by atoms with Crippen molar-refractivity contribution in [2.45, 2.75) is 25.3 Å². The number of carbonyl (C=O) groups excluding carboxylic acids is 2. The molecule has 3 N–H and O–H groups in total. The number of para-hydroxylation sites is 1. The molecule has 3 aliphatic rings. The van der Waals surface area contributed by atoms with Crippen LogP contribution in [0, 0.1) is 23.7 Å². The fourth-order valence-electron chi connectivity index (χ4n) is 4.01. The summed E-state index contributed by atoms with van der Waals surface area (Å²) in [5.41, 5.74) is 0.842. The number of rotatable bonds is 5. The number of fused-ring (bicyclic) bond motifs is 2. The number of carboxylic acids is 1. The fourth-order valence-corrected chi connectivity index (χ4v) is 4.01. The van der Waals surface area contributed by atoms with Gasteiger partial charge in [0.1, 0.15) is 0 Å². The summed E-state index contributed by atoms with van der Waals surface area (Å²) in [5.74, 6) is -2.87. The molecule has 0 aromatic heterocycles. The zero-order chi connectivity index (χ0) is 17.6. The second-order valence-electron chi connectivity index (χ2n) is 7.12. The average molecular weight is 340 g/mol. The van der Waals surface area contributed by atoms with Crippen LogP contribution in [0.15, 0.2) is 36.4 Å². The third kappa shape index (κ3) is 2.92. The summed E-state index contributed by atoms with van der Waals surface area (Å²) in [6.07, 6.45) is 6.53. The van der Waals surface area contributed by atoms with Crippen molar-refractivity contribution >= 4 is 23.5 Å². The van der Waals surface area contributed by atoms with E-state index in [0.717, 1.165) is 12.8 Å². The number of carbonyl (C=O) groups is 3. The van der Waals surface area contributed by atoms with E-state index in [1.807, 2.05) is 12.2 Å². The molecule has 3 aliphatic carbocycles. The lowest BCUT2D eigenvalue weighted by molar-refractivity contribution is -0.146. The van der Waals surface area contributed by atoms with Crippen LogP contribution in [0.4, 0.5) is 5.69 Å². The van der Waals surface area contributed by atoms with Crippen LogP contribution in [0.2, 0.25) is 0 Å². The first kappa shape index (κ1) is 15.9. The molecule has 2 saturated carbocycles. The van der Waals surface area contributed by atoms with E-state index in [1.165, 1.54) is 0 Å². The van der Waals surface area contributed by atoms with Crippen LogP contribution in [-0.2, 0) is 9.59 Å². The van der Waals surface area contributed by atoms with Gasteiger partial charge in [-0.25, -0.2) is 0 Å². The standard InChI is InChI=1S/C19H20N2O4/c22-17(20-12-7-8-12)13-3-1-2-4-14(13)21-18(23)15-10-5-6-11(9-10)16(15)19(24)25/h1-6,10-12,15-16H,7-9H2,(H,20,22)(H,21,23)(H,24,25)/t10-,11-,15-,16+/m0/s1. The first-order valence-electron chi connectivity index (χ1n) is 8.66. The van der Waals surface area contributed by atoms with E-state index >= 15 is 0 Å². The number of amides is 2. The lowest BCUT2D eigenvalue weighted by atomic mass is 9.82. The molecule has 4 atom stereocenters. The summed E-state index contributed by atoms with van der Waals surface area (Å²) in [6, 6.07) is 7.07. The predicted molar refractivity (Wildman–Crippen MR) is 90.9 cm³/mol. The van der Waals surface area contributed by atoms with Gasteiger partial charge in [0.15, 0.2) is 0 Å². The molecular weight excluding hydrogens is 320 g/mol. The molecule has 0 unspecified atom stereocenters. The molecule has 2 bridgehead atoms. The van der Waals surface area contributed by atoms with Crippen molar-refractivity contribution < 1.29 is 19.5 Å². The lowest BCUT2D eigenvalue weighted by Crippen LogP contribution is -2.37. The molecule has 0 radical (unpaired) electrons. The molecule has 25 heavy (non-hydrogen) atoms. The van der Waals surface area contributed by atoms with Crippen LogP contribution in [0.5, 0.6) is 0 Å². The van der Waals surface area contributed by atoms with Gasteiger partial charge in [0.2, 0.25) is 5.91 Å². The quantitative estimate of drug-likeness (QED) is 0.715. The van der Waals surface area contributed by atoms with Crippen molar-refractivity contribution in [3.8, 4) is 0 Å². The van der Waals surface area contributed by atoms with Gasteiger partial charge in [-0.1, -0.05) is 24.3 Å². The van der Waals surface area contributed by atoms with Gasteiger partial charge in [-0.15, -0.1) is 0 Å². The third-order valence-electron chi connectivity index (χ3n) is 5.39. The Balaban J connectivity index is 1.54. The van der Waals surface area contributed by atoms with Crippen LogP contribution >= 0.6 is 0 Å². The van der Waals surface area contributed by atoms with Gasteiger partial charge in [-0.05, 0) is 43.2 Å². The van der Waals surface area contributed by atoms with Gasteiger partial charge in [0.25, 0.3) is 5.91 Å². The summed E-state index contributed by atoms with van der Waals surface area (Å²) < 4.78 is 0. The molecule has 2 amide bonds. The molecule has 4 rings (SSSR count). The minimum atomic E-state index is -0.934. The van der Waals surface area contributed by atoms with Crippen LogP contribution < -0.4 is 10.6 Å². The topological polar surface area (TPSA) is 95.5 Å². The Morgan fingerprint density at radius 1 is 1.00 bits per heavy atom. The molecule has 0 heterocycles. The van der Waals surface area contributed by atoms with E-state index in [-0.39, 0.29) is 29.7 Å². The van der Waals surface area contributed by atoms with Gasteiger partial charge in [0.05, 0.1) is 23.1 Å². The van der Waals surface area contributed by atoms with Crippen molar-refractivity contribution in [1.29, 1.82) is 0 Å². The Bertz CT molecular complexity index is 768. The molecule has 0 spiro atoms. The summed E-state index contributed by atoms with van der Waals surface area (Å²) in [5, 5.41) is 15.2. The highest BCUT2D eigenvalue weighted by Gasteiger charge is 2.51. The van der Waals surface area contributed by atoms with Crippen LogP contribution in [0.3, 0.4) is 0 Å². The summed E-state index contributed by atoms with van der Waals surface area (Å²) in [6.45, 7) is 0. The van der Waals surface area contributed by atoms with E-state index in [1.54, 1.807) is 24.3 Å². The highest BCUT2D eigenvalue weighted by molar-refractivity contribution is 6.05. The van der Waals surface area contributed by atoms with Crippen LogP contribution in [0.25, 0.3) is 0 Å². The second kappa shape index (κ2) is 6.02. The lowest BCUT2D eigenvalue weighted by Gasteiger charge is -2.24. The first-order chi connectivity index (χ1) is 12.0. The Kier molecular flexibility index (Phi) is 3.82. The Morgan fingerprint density at radius 2 is 1.68 bits per heavy atom. The number of hydrogen-bond donors (Lipinski definition) is 3. The number of hydrogen-bond acceptors (Lipinski definition) is 3. The Labute approximate surface area is 145 Å². The number of benzene rings is 1. The van der Waals surface area contributed by atoms with Gasteiger partial charge in [-0.2, -0.15) is 0 Å². The van der Waals surface area contributed by atoms with Crippen molar-refractivity contribution in [1.82, 2.24) is 5.32 Å². The van der Waals surface area contributed by atoms with Crippen molar-refractivity contribution in [3.63, 3.8) is 0 Å². The number of carboxylic acid groups (broad SMARTS) is 1. The molecule has 6 nitrogen and oxygen atoms in total. The number of nitrogens with one attached hydrogen (secondary N) is 2. The SMILES string of the molecule is O=C(NC1CC1)c1ccccc1NC(=O)[C@@H]1[C@H](C(=O)O)[C@H]2C=C[C@H]1C2. The number of anilines is 1. The van der Waals surface area contributed by atoms with Gasteiger partial charge in [0, 0.05) is 6.04 Å². The van der Waals surface area contributed by atoms with E-state index in [2.05, 4.69) is 10.6 Å². The monoisotopic (exact) mass is 340 g/mol. The maximum Gasteiger partial charge on any atom is 0.307 e. The van der Waals surface area contributed by atoms with Gasteiger partial charge < -0.3 is 15.7 Å². The second-order valence-corrected chi connectivity index (χ2v) is 7.12. The summed E-state index contributed by atoms with van der Waals surface area (Å²) in [7, 11) is 0.